The van der Waals surface area contributed by atoms with E-state index in [1.807, 2.05) is 6.92 Å². The van der Waals surface area contributed by atoms with E-state index in [-0.39, 0.29) is 10.9 Å². The number of rotatable bonds is 8. The van der Waals surface area contributed by atoms with Gasteiger partial charge in [-0.1, -0.05) is 17.7 Å². The smallest absolute Gasteiger partial charge is 0.311 e. The van der Waals surface area contributed by atoms with Crippen molar-refractivity contribution in [3.8, 4) is 28.7 Å². The number of amides is 1. The molecule has 8 nitrogen and oxygen atoms in total. The number of methoxy groups -OCH3 is 2. The number of hydrogen-bond donors (Lipinski definition) is 1. The molecule has 1 heterocycles. The number of carbonyl (C=O) groups excluding carboxylic acids is 1. The minimum Gasteiger partial charge on any atom is -0.494 e. The van der Waals surface area contributed by atoms with Gasteiger partial charge in [0.05, 0.1) is 31.8 Å². The highest BCUT2D eigenvalue weighted by Gasteiger charge is 2.29. The first-order chi connectivity index (χ1) is 17.4. The van der Waals surface area contributed by atoms with Gasteiger partial charge in [-0.2, -0.15) is 0 Å². The van der Waals surface area contributed by atoms with Crippen LogP contribution in [0.15, 0.2) is 54.6 Å². The molecule has 0 aliphatic carbocycles. The molecule has 4 rings (SSSR count). The Morgan fingerprint density at radius 3 is 2.31 bits per heavy atom. The van der Waals surface area contributed by atoms with Crippen LogP contribution >= 0.6 is 11.6 Å². The lowest BCUT2D eigenvalue weighted by molar-refractivity contribution is -0.139. The van der Waals surface area contributed by atoms with Crippen molar-refractivity contribution in [3.63, 3.8) is 0 Å². The molecule has 3 aromatic rings. The van der Waals surface area contributed by atoms with E-state index in [0.29, 0.717) is 65.1 Å². The predicted molar refractivity (Wildman–Crippen MR) is 135 cm³/mol. The van der Waals surface area contributed by atoms with Crippen LogP contribution in [-0.2, 0) is 4.79 Å². The molecular weight excluding hydrogens is 486 g/mol. The number of aliphatic carboxylic acids is 1. The van der Waals surface area contributed by atoms with Gasteiger partial charge in [-0.15, -0.1) is 0 Å². The predicted octanol–water partition coefficient (Wildman–Crippen LogP) is 5.77. The molecule has 9 heteroatoms. The Morgan fingerprint density at radius 2 is 1.72 bits per heavy atom. The van der Waals surface area contributed by atoms with Gasteiger partial charge in [-0.25, -0.2) is 0 Å². The van der Waals surface area contributed by atoms with E-state index in [1.54, 1.807) is 73.7 Å². The van der Waals surface area contributed by atoms with Crippen LogP contribution in [0.3, 0.4) is 0 Å². The molecule has 0 spiro atoms. The summed E-state index contributed by atoms with van der Waals surface area (Å²) in [6.45, 7) is 2.57. The van der Waals surface area contributed by atoms with Gasteiger partial charge in [-0.05, 0) is 55.8 Å². The summed E-state index contributed by atoms with van der Waals surface area (Å²) in [6, 6.07) is 15.2. The third-order valence-electron chi connectivity index (χ3n) is 5.96. The van der Waals surface area contributed by atoms with E-state index in [4.69, 9.17) is 30.5 Å². The van der Waals surface area contributed by atoms with Gasteiger partial charge in [-0.3, -0.25) is 9.59 Å². The first-order valence-corrected chi connectivity index (χ1v) is 11.8. The van der Waals surface area contributed by atoms with Gasteiger partial charge in [0, 0.05) is 23.7 Å². The summed E-state index contributed by atoms with van der Waals surface area (Å²) in [6.07, 6.45) is 0.379. The Hall–Kier alpha value is -3.91. The van der Waals surface area contributed by atoms with Gasteiger partial charge in [0.25, 0.3) is 5.91 Å². The van der Waals surface area contributed by atoms with Gasteiger partial charge in [0.2, 0.25) is 0 Å². The number of para-hydroxylation sites is 1. The number of fused-ring (bicyclic) bond motifs is 1. The zero-order valence-corrected chi connectivity index (χ0v) is 20.9. The highest BCUT2D eigenvalue weighted by Crippen LogP contribution is 2.42. The molecule has 0 bridgehead atoms. The summed E-state index contributed by atoms with van der Waals surface area (Å²) in [5.41, 5.74) is 1.52. The van der Waals surface area contributed by atoms with E-state index < -0.39 is 11.9 Å². The largest absolute Gasteiger partial charge is 0.494 e. The molecule has 0 fully saturated rings. The third kappa shape index (κ3) is 4.90. The molecular formula is C27H26ClNO7. The summed E-state index contributed by atoms with van der Waals surface area (Å²) in [5, 5.41) is 9.73. The second-order valence-corrected chi connectivity index (χ2v) is 8.44. The summed E-state index contributed by atoms with van der Waals surface area (Å²) in [5.74, 6) is 0.450. The van der Waals surface area contributed by atoms with Gasteiger partial charge < -0.3 is 29.0 Å². The molecule has 3 aromatic carbocycles. The number of hydrogen-bond acceptors (Lipinski definition) is 6. The van der Waals surface area contributed by atoms with Crippen molar-refractivity contribution in [2.45, 2.75) is 19.3 Å². The van der Waals surface area contributed by atoms with Gasteiger partial charge in [0.15, 0.2) is 0 Å². The number of nitrogens with zero attached hydrogens (tertiary/aromatic N) is 1. The lowest BCUT2D eigenvalue weighted by Gasteiger charge is -2.25. The van der Waals surface area contributed by atoms with E-state index in [0.717, 1.165) is 0 Å². The van der Waals surface area contributed by atoms with Crippen molar-refractivity contribution in [2.24, 2.45) is 0 Å². The van der Waals surface area contributed by atoms with Gasteiger partial charge >= 0.3 is 5.97 Å². The molecule has 1 unspecified atom stereocenters. The fraction of sp³-hybridized carbons (Fsp3) is 0.259. The quantitative estimate of drug-likeness (QED) is 0.410. The maximum atomic E-state index is 13.4. The third-order valence-corrected chi connectivity index (χ3v) is 6.26. The van der Waals surface area contributed by atoms with Crippen LogP contribution in [-0.4, -0.2) is 44.4 Å². The molecule has 0 saturated carbocycles. The van der Waals surface area contributed by atoms with Crippen LogP contribution in [0.2, 0.25) is 5.02 Å². The molecule has 1 atom stereocenters. The minimum absolute atomic E-state index is 0.230. The van der Waals surface area contributed by atoms with E-state index in [9.17, 15) is 14.7 Å². The summed E-state index contributed by atoms with van der Waals surface area (Å²) in [7, 11) is 3.09. The Kier molecular flexibility index (Phi) is 7.55. The minimum atomic E-state index is -0.920. The average Bonchev–Trinajstić information content (AvgIpc) is 2.89. The molecule has 1 aliphatic heterocycles. The maximum absolute atomic E-state index is 13.4. The zero-order valence-electron chi connectivity index (χ0n) is 20.1. The second kappa shape index (κ2) is 10.8. The molecule has 36 heavy (non-hydrogen) atoms. The fourth-order valence-corrected chi connectivity index (χ4v) is 4.38. The fourth-order valence-electron chi connectivity index (χ4n) is 4.17. The highest BCUT2D eigenvalue weighted by atomic mass is 35.5. The van der Waals surface area contributed by atoms with Crippen LogP contribution in [0.5, 0.6) is 28.7 Å². The molecule has 0 saturated heterocycles. The SMILES string of the molecule is CCN(C(=O)c1ccc(Oc2cc3c(cc2Cl)C(C(=O)O)CCO3)cc1)c1c(OC)cccc1OC. The summed E-state index contributed by atoms with van der Waals surface area (Å²) < 4.78 is 22.5. The second-order valence-electron chi connectivity index (χ2n) is 8.04. The van der Waals surface area contributed by atoms with Crippen molar-refractivity contribution >= 4 is 29.2 Å². The monoisotopic (exact) mass is 511 g/mol. The number of carbonyl (C=O) groups is 2. The number of carboxylic acids is 1. The molecule has 0 aromatic heterocycles. The van der Waals surface area contributed by atoms with Crippen molar-refractivity contribution in [1.82, 2.24) is 0 Å². The van der Waals surface area contributed by atoms with Crippen molar-refractivity contribution in [1.29, 1.82) is 0 Å². The normalized spacial score (nSPS) is 14.3. The van der Waals surface area contributed by atoms with Crippen LogP contribution in [0.25, 0.3) is 0 Å². The summed E-state index contributed by atoms with van der Waals surface area (Å²) >= 11 is 6.39. The van der Waals surface area contributed by atoms with Crippen LogP contribution in [0.4, 0.5) is 5.69 Å². The molecule has 1 amide bonds. The van der Waals surface area contributed by atoms with Crippen LogP contribution in [0, 0.1) is 0 Å². The number of ether oxygens (including phenoxy) is 4. The van der Waals surface area contributed by atoms with Crippen LogP contribution in [0.1, 0.15) is 35.2 Å². The zero-order chi connectivity index (χ0) is 25.8. The molecule has 1 N–H and O–H groups in total. The van der Waals surface area contributed by atoms with Crippen molar-refractivity contribution in [3.05, 3.63) is 70.7 Å². The van der Waals surface area contributed by atoms with E-state index >= 15 is 0 Å². The molecule has 188 valence electrons. The van der Waals surface area contributed by atoms with E-state index in [2.05, 4.69) is 0 Å². The van der Waals surface area contributed by atoms with E-state index in [1.165, 1.54) is 0 Å². The van der Waals surface area contributed by atoms with Crippen molar-refractivity contribution < 1.29 is 33.6 Å². The lowest BCUT2D eigenvalue weighted by atomic mass is 9.93. The number of anilines is 1. The first-order valence-electron chi connectivity index (χ1n) is 11.4. The molecule has 1 aliphatic rings. The Morgan fingerprint density at radius 1 is 1.06 bits per heavy atom. The standard InChI is InChI=1S/C27H26ClNO7/c1-4-29(25-21(33-2)6-5-7-22(25)34-3)26(30)16-8-10-17(11-9-16)36-24-15-23-19(14-20(24)28)18(27(31)32)12-13-35-23/h5-11,14-15,18H,4,12-13H2,1-3H3,(H,31,32). The average molecular weight is 512 g/mol. The number of carboxylic acid groups (broad SMARTS) is 1. The Balaban J connectivity index is 1.57. The highest BCUT2D eigenvalue weighted by molar-refractivity contribution is 6.32. The lowest BCUT2D eigenvalue weighted by Crippen LogP contribution is -2.31. The number of benzene rings is 3. The van der Waals surface area contributed by atoms with Crippen LogP contribution < -0.4 is 23.8 Å². The van der Waals surface area contributed by atoms with Crippen molar-refractivity contribution in [2.75, 3.05) is 32.3 Å². The Labute approximate surface area is 213 Å². The summed E-state index contributed by atoms with van der Waals surface area (Å²) in [4.78, 5) is 26.5. The Bertz CT molecular complexity index is 1250. The molecule has 0 radical (unpaired) electrons. The first kappa shape index (κ1) is 25.2. The number of halogens is 1. The van der Waals surface area contributed by atoms with Gasteiger partial charge in [0.1, 0.15) is 34.4 Å². The topological polar surface area (TPSA) is 94.5 Å². The maximum Gasteiger partial charge on any atom is 0.311 e.